The molecule has 1 heterocycles. The monoisotopic (exact) mass is 236 g/mol. The molecule has 0 bridgehead atoms. The number of hydrogen-bond acceptors (Lipinski definition) is 6. The van der Waals surface area contributed by atoms with Crippen molar-refractivity contribution in [2.45, 2.75) is 0 Å². The number of carbonyl (C=O) groups excluding carboxylic acids is 1. The van der Waals surface area contributed by atoms with Gasteiger partial charge in [-0.1, -0.05) is 12.1 Å². The Morgan fingerprint density at radius 3 is 2.81 bits per heavy atom. The van der Waals surface area contributed by atoms with Crippen LogP contribution in [0.1, 0.15) is 9.67 Å². The first kappa shape index (κ1) is 10.4. The molecule has 0 unspecified atom stereocenters. The average molecular weight is 236 g/mol. The molecule has 1 aromatic carbocycles. The fraction of sp³-hybridized carbons (Fsp3) is 0. The number of phenols is 1. The number of nitrogens with zero attached hydrogens (tertiary/aromatic N) is 1. The number of nitrogens with two attached hydrogens (primary N) is 1. The lowest BCUT2D eigenvalue weighted by Crippen LogP contribution is -2.08. The summed E-state index contributed by atoms with van der Waals surface area (Å²) in [6, 6.07) is 6.20. The minimum absolute atomic E-state index is 0.0975. The third-order valence-corrected chi connectivity index (χ3v) is 2.65. The van der Waals surface area contributed by atoms with Gasteiger partial charge in [0, 0.05) is 0 Å². The van der Waals surface area contributed by atoms with Crippen molar-refractivity contribution in [3.05, 3.63) is 35.3 Å². The molecule has 82 valence electrons. The highest BCUT2D eigenvalue weighted by Gasteiger charge is 2.16. The van der Waals surface area contributed by atoms with E-state index in [0.717, 1.165) is 11.5 Å². The number of ether oxygens (including phenoxy) is 1. The number of phenolic OH excluding ortho intramolecular Hbond substituents is 1. The summed E-state index contributed by atoms with van der Waals surface area (Å²) in [5.41, 5.74) is 5.79. The van der Waals surface area contributed by atoms with Crippen molar-refractivity contribution >= 4 is 23.2 Å². The Labute approximate surface area is 95.3 Å². The molecule has 0 amide bonds. The fourth-order valence-corrected chi connectivity index (χ4v) is 1.64. The van der Waals surface area contributed by atoms with E-state index in [4.69, 9.17) is 10.5 Å². The van der Waals surface area contributed by atoms with Gasteiger partial charge in [-0.25, -0.2) is 4.79 Å². The molecule has 0 aliphatic carbocycles. The summed E-state index contributed by atoms with van der Waals surface area (Å²) in [6.45, 7) is 0. The Morgan fingerprint density at radius 1 is 1.44 bits per heavy atom. The summed E-state index contributed by atoms with van der Waals surface area (Å²) in [5.74, 6) is -0.624. The number of carbonyl (C=O) groups is 1. The molecule has 6 heteroatoms. The van der Waals surface area contributed by atoms with Gasteiger partial charge in [0.1, 0.15) is 0 Å². The molecule has 0 aliphatic heterocycles. The van der Waals surface area contributed by atoms with Gasteiger partial charge in [0.15, 0.2) is 16.4 Å². The minimum Gasteiger partial charge on any atom is -0.504 e. The zero-order chi connectivity index (χ0) is 11.5. The molecule has 5 nitrogen and oxygen atoms in total. The van der Waals surface area contributed by atoms with Crippen LogP contribution in [0.2, 0.25) is 0 Å². The maximum Gasteiger partial charge on any atom is 0.357 e. The van der Waals surface area contributed by atoms with Crippen molar-refractivity contribution in [2.75, 3.05) is 5.73 Å². The summed E-state index contributed by atoms with van der Waals surface area (Å²) in [6.07, 6.45) is 1.38. The van der Waals surface area contributed by atoms with Crippen molar-refractivity contribution in [3.8, 4) is 11.5 Å². The van der Waals surface area contributed by atoms with Crippen LogP contribution in [0, 0.1) is 0 Å². The van der Waals surface area contributed by atoms with Crippen LogP contribution in [0.15, 0.2) is 30.5 Å². The zero-order valence-electron chi connectivity index (χ0n) is 8.08. The lowest BCUT2D eigenvalue weighted by Gasteiger charge is -2.04. The Kier molecular flexibility index (Phi) is 2.74. The molecule has 0 spiro atoms. The SMILES string of the molecule is Nc1cnsc1C(=O)Oc1ccccc1O. The second-order valence-corrected chi connectivity index (χ2v) is 3.77. The number of rotatable bonds is 2. The van der Waals surface area contributed by atoms with Gasteiger partial charge in [0.05, 0.1) is 11.9 Å². The highest BCUT2D eigenvalue weighted by molar-refractivity contribution is 7.08. The van der Waals surface area contributed by atoms with Crippen molar-refractivity contribution in [2.24, 2.45) is 0 Å². The maximum absolute atomic E-state index is 11.6. The Bertz CT molecular complexity index is 524. The third-order valence-electron chi connectivity index (χ3n) is 1.85. The lowest BCUT2D eigenvalue weighted by atomic mass is 10.3. The normalized spacial score (nSPS) is 10.0. The third kappa shape index (κ3) is 1.96. The van der Waals surface area contributed by atoms with Gasteiger partial charge in [-0.05, 0) is 23.7 Å². The Balaban J connectivity index is 2.21. The predicted molar refractivity (Wildman–Crippen MR) is 59.6 cm³/mol. The van der Waals surface area contributed by atoms with Crippen LogP contribution in [0.3, 0.4) is 0 Å². The predicted octanol–water partition coefficient (Wildman–Crippen LogP) is 1.65. The van der Waals surface area contributed by atoms with E-state index in [1.54, 1.807) is 12.1 Å². The van der Waals surface area contributed by atoms with Gasteiger partial charge < -0.3 is 15.6 Å². The van der Waals surface area contributed by atoms with E-state index < -0.39 is 5.97 Å². The molecule has 0 saturated carbocycles. The molecule has 16 heavy (non-hydrogen) atoms. The molecular weight excluding hydrogens is 228 g/mol. The second kappa shape index (κ2) is 4.19. The van der Waals surface area contributed by atoms with E-state index in [9.17, 15) is 9.90 Å². The van der Waals surface area contributed by atoms with E-state index in [0.29, 0.717) is 0 Å². The zero-order valence-corrected chi connectivity index (χ0v) is 8.90. The summed E-state index contributed by atoms with van der Waals surface area (Å²) >= 11 is 0.952. The lowest BCUT2D eigenvalue weighted by molar-refractivity contribution is 0.0736. The molecule has 0 fully saturated rings. The van der Waals surface area contributed by atoms with Gasteiger partial charge >= 0.3 is 5.97 Å². The van der Waals surface area contributed by atoms with Crippen LogP contribution < -0.4 is 10.5 Å². The molecule has 1 aromatic heterocycles. The quantitative estimate of drug-likeness (QED) is 0.611. The van der Waals surface area contributed by atoms with E-state index >= 15 is 0 Å². The van der Waals surface area contributed by atoms with Crippen LogP contribution >= 0.6 is 11.5 Å². The van der Waals surface area contributed by atoms with Gasteiger partial charge in [0.2, 0.25) is 0 Å². The topological polar surface area (TPSA) is 85.4 Å². The van der Waals surface area contributed by atoms with Crippen LogP contribution in [0.5, 0.6) is 11.5 Å². The number of esters is 1. The van der Waals surface area contributed by atoms with Gasteiger partial charge in [0.25, 0.3) is 0 Å². The molecule has 0 atom stereocenters. The number of aromatic nitrogens is 1. The minimum atomic E-state index is -0.624. The van der Waals surface area contributed by atoms with Gasteiger partial charge in [-0.3, -0.25) is 0 Å². The number of hydrogen-bond donors (Lipinski definition) is 2. The maximum atomic E-state index is 11.6. The second-order valence-electron chi connectivity index (χ2n) is 2.97. The molecule has 2 rings (SSSR count). The van der Waals surface area contributed by atoms with Gasteiger partial charge in [-0.15, -0.1) is 0 Å². The average Bonchev–Trinajstić information content (AvgIpc) is 2.68. The van der Waals surface area contributed by atoms with Crippen molar-refractivity contribution in [1.82, 2.24) is 4.37 Å². The van der Waals surface area contributed by atoms with E-state index in [1.165, 1.54) is 18.3 Å². The first-order valence-electron chi connectivity index (χ1n) is 4.39. The molecule has 0 aliphatic rings. The number of aromatic hydroxyl groups is 1. The van der Waals surface area contributed by atoms with Crippen LogP contribution in [0.25, 0.3) is 0 Å². The molecule has 0 radical (unpaired) electrons. The number of benzene rings is 1. The van der Waals surface area contributed by atoms with E-state index in [-0.39, 0.29) is 22.1 Å². The summed E-state index contributed by atoms with van der Waals surface area (Å²) < 4.78 is 8.73. The number of para-hydroxylation sites is 2. The van der Waals surface area contributed by atoms with Crippen molar-refractivity contribution in [1.29, 1.82) is 0 Å². The largest absolute Gasteiger partial charge is 0.504 e. The first-order chi connectivity index (χ1) is 7.68. The van der Waals surface area contributed by atoms with Crippen LogP contribution in [0.4, 0.5) is 5.69 Å². The Morgan fingerprint density at radius 2 is 2.19 bits per heavy atom. The first-order valence-corrected chi connectivity index (χ1v) is 5.16. The highest BCUT2D eigenvalue weighted by Crippen LogP contribution is 2.26. The highest BCUT2D eigenvalue weighted by atomic mass is 32.1. The van der Waals surface area contributed by atoms with E-state index in [1.807, 2.05) is 0 Å². The van der Waals surface area contributed by atoms with Crippen LogP contribution in [-0.2, 0) is 0 Å². The fourth-order valence-electron chi connectivity index (χ4n) is 1.09. The van der Waals surface area contributed by atoms with Crippen molar-refractivity contribution < 1.29 is 14.6 Å². The molecule has 2 aromatic rings. The summed E-state index contributed by atoms with van der Waals surface area (Å²) in [5, 5.41) is 9.41. The van der Waals surface area contributed by atoms with Gasteiger partial charge in [-0.2, -0.15) is 4.37 Å². The summed E-state index contributed by atoms with van der Waals surface area (Å²) in [4.78, 5) is 11.8. The number of anilines is 1. The summed E-state index contributed by atoms with van der Waals surface area (Å²) in [7, 11) is 0. The molecular formula is C10H8N2O3S. The van der Waals surface area contributed by atoms with Crippen LogP contribution in [-0.4, -0.2) is 15.4 Å². The standard InChI is InChI=1S/C10H8N2O3S/c11-6-5-12-16-9(6)10(14)15-8-4-2-1-3-7(8)13/h1-5,13H,11H2. The smallest absolute Gasteiger partial charge is 0.357 e. The van der Waals surface area contributed by atoms with E-state index in [2.05, 4.69) is 4.37 Å². The molecule has 0 saturated heterocycles. The molecule has 3 N–H and O–H groups in total. The number of nitrogen functional groups attached to an aromatic ring is 1. The Hall–Kier alpha value is -2.08. The van der Waals surface area contributed by atoms with Crippen molar-refractivity contribution in [3.63, 3.8) is 0 Å².